The van der Waals surface area contributed by atoms with Gasteiger partial charge >= 0.3 is 5.97 Å². The molecule has 0 fully saturated rings. The normalized spacial score (nSPS) is 12.2. The maximum atomic E-state index is 10.9. The predicted octanol–water partition coefficient (Wildman–Crippen LogP) is 1.24. The summed E-state index contributed by atoms with van der Waals surface area (Å²) < 4.78 is 9.75. The zero-order chi connectivity index (χ0) is 11.0. The molecule has 0 spiro atoms. The summed E-state index contributed by atoms with van der Waals surface area (Å²) in [7, 11) is 0. The van der Waals surface area contributed by atoms with E-state index in [9.17, 15) is 9.90 Å². The van der Waals surface area contributed by atoms with Crippen molar-refractivity contribution in [3.05, 3.63) is 12.2 Å². The van der Waals surface area contributed by atoms with Crippen molar-refractivity contribution in [3.63, 3.8) is 0 Å². The molecule has 0 radical (unpaired) electrons. The Labute approximate surface area is 84.5 Å². The van der Waals surface area contributed by atoms with Gasteiger partial charge in [0.15, 0.2) is 0 Å². The van der Waals surface area contributed by atoms with E-state index in [1.165, 1.54) is 6.92 Å². The molecule has 0 aromatic heterocycles. The molecule has 0 aliphatic carbocycles. The van der Waals surface area contributed by atoms with Gasteiger partial charge in [-0.25, -0.2) is 4.79 Å². The highest BCUT2D eigenvalue weighted by Gasteiger charge is 2.10. The van der Waals surface area contributed by atoms with E-state index in [0.717, 1.165) is 6.42 Å². The second-order valence-electron chi connectivity index (χ2n) is 3.04. The van der Waals surface area contributed by atoms with Crippen LogP contribution in [0, 0.1) is 0 Å². The van der Waals surface area contributed by atoms with Gasteiger partial charge in [0.2, 0.25) is 6.29 Å². The number of hydrogen-bond donors (Lipinski definition) is 1. The zero-order valence-corrected chi connectivity index (χ0v) is 8.78. The SMILES string of the molecule is C=C(C)C(=O)OC(O)CCOCCC. The lowest BCUT2D eigenvalue weighted by Crippen LogP contribution is -2.19. The number of ether oxygens (including phenoxy) is 2. The van der Waals surface area contributed by atoms with E-state index in [-0.39, 0.29) is 5.57 Å². The third kappa shape index (κ3) is 6.62. The number of aliphatic hydroxyl groups is 1. The zero-order valence-electron chi connectivity index (χ0n) is 8.78. The highest BCUT2D eigenvalue weighted by atomic mass is 16.6. The molecular formula is C10H18O4. The summed E-state index contributed by atoms with van der Waals surface area (Å²) in [5.41, 5.74) is 0.276. The Balaban J connectivity index is 3.50. The van der Waals surface area contributed by atoms with Gasteiger partial charge in [-0.15, -0.1) is 0 Å². The fraction of sp³-hybridized carbons (Fsp3) is 0.700. The number of carbonyl (C=O) groups is 1. The Kier molecular flexibility index (Phi) is 7.06. The first-order chi connectivity index (χ1) is 6.57. The second-order valence-corrected chi connectivity index (χ2v) is 3.04. The van der Waals surface area contributed by atoms with E-state index in [1.54, 1.807) is 0 Å². The topological polar surface area (TPSA) is 55.8 Å². The predicted molar refractivity (Wildman–Crippen MR) is 52.6 cm³/mol. The molecule has 0 heterocycles. The van der Waals surface area contributed by atoms with Crippen molar-refractivity contribution in [2.45, 2.75) is 33.0 Å². The summed E-state index contributed by atoms with van der Waals surface area (Å²) >= 11 is 0. The Bertz CT molecular complexity index is 189. The lowest BCUT2D eigenvalue weighted by Gasteiger charge is -2.11. The molecule has 1 N–H and O–H groups in total. The monoisotopic (exact) mass is 202 g/mol. The standard InChI is InChI=1S/C10H18O4/c1-4-6-13-7-5-9(11)14-10(12)8(2)3/h9,11H,2,4-7H2,1,3H3. The first-order valence-corrected chi connectivity index (χ1v) is 4.70. The molecule has 0 rings (SSSR count). The van der Waals surface area contributed by atoms with Crippen LogP contribution in [0.4, 0.5) is 0 Å². The van der Waals surface area contributed by atoms with Crippen LogP contribution < -0.4 is 0 Å². The van der Waals surface area contributed by atoms with E-state index in [1.807, 2.05) is 6.92 Å². The van der Waals surface area contributed by atoms with Gasteiger partial charge < -0.3 is 14.6 Å². The molecule has 82 valence electrons. The maximum absolute atomic E-state index is 10.9. The highest BCUT2D eigenvalue weighted by Crippen LogP contribution is 2.00. The quantitative estimate of drug-likeness (QED) is 0.292. The molecule has 0 bridgehead atoms. The molecule has 14 heavy (non-hydrogen) atoms. The third-order valence-electron chi connectivity index (χ3n) is 1.45. The fourth-order valence-corrected chi connectivity index (χ4v) is 0.714. The molecule has 1 atom stereocenters. The number of aliphatic hydroxyl groups excluding tert-OH is 1. The van der Waals surface area contributed by atoms with Crippen LogP contribution in [0.5, 0.6) is 0 Å². The molecular weight excluding hydrogens is 184 g/mol. The number of rotatable bonds is 7. The largest absolute Gasteiger partial charge is 0.433 e. The molecule has 4 nitrogen and oxygen atoms in total. The minimum absolute atomic E-state index is 0.276. The summed E-state index contributed by atoms with van der Waals surface area (Å²) in [4.78, 5) is 10.9. The lowest BCUT2D eigenvalue weighted by atomic mass is 10.3. The first-order valence-electron chi connectivity index (χ1n) is 4.70. The molecule has 0 saturated heterocycles. The molecule has 0 aliphatic rings. The Hall–Kier alpha value is -0.870. The molecule has 1 unspecified atom stereocenters. The van der Waals surface area contributed by atoms with E-state index in [2.05, 4.69) is 11.3 Å². The molecule has 0 saturated carbocycles. The van der Waals surface area contributed by atoms with Crippen LogP contribution in [0.15, 0.2) is 12.2 Å². The van der Waals surface area contributed by atoms with Crippen LogP contribution >= 0.6 is 0 Å². The number of carbonyl (C=O) groups excluding carboxylic acids is 1. The molecule has 0 aromatic rings. The van der Waals surface area contributed by atoms with Crippen LogP contribution in [0.3, 0.4) is 0 Å². The van der Waals surface area contributed by atoms with Crippen LogP contribution in [0.1, 0.15) is 26.7 Å². The van der Waals surface area contributed by atoms with Crippen molar-refractivity contribution < 1.29 is 19.4 Å². The third-order valence-corrected chi connectivity index (χ3v) is 1.45. The minimum Gasteiger partial charge on any atom is -0.433 e. The van der Waals surface area contributed by atoms with Crippen LogP contribution in [-0.2, 0) is 14.3 Å². The Morgan fingerprint density at radius 3 is 2.64 bits per heavy atom. The van der Waals surface area contributed by atoms with Crippen molar-refractivity contribution in [1.29, 1.82) is 0 Å². The summed E-state index contributed by atoms with van der Waals surface area (Å²) in [6.45, 7) is 7.97. The van der Waals surface area contributed by atoms with Crippen molar-refractivity contribution in [2.75, 3.05) is 13.2 Å². The fourth-order valence-electron chi connectivity index (χ4n) is 0.714. The van der Waals surface area contributed by atoms with Gasteiger partial charge in [-0.05, 0) is 13.3 Å². The van der Waals surface area contributed by atoms with E-state index < -0.39 is 12.3 Å². The van der Waals surface area contributed by atoms with Crippen LogP contribution in [0.2, 0.25) is 0 Å². The average Bonchev–Trinajstić information content (AvgIpc) is 2.12. The second kappa shape index (κ2) is 7.53. The average molecular weight is 202 g/mol. The maximum Gasteiger partial charge on any atom is 0.335 e. The highest BCUT2D eigenvalue weighted by molar-refractivity contribution is 5.86. The lowest BCUT2D eigenvalue weighted by molar-refractivity contribution is -0.165. The minimum atomic E-state index is -1.10. The number of hydrogen-bond acceptors (Lipinski definition) is 4. The molecule has 0 amide bonds. The van der Waals surface area contributed by atoms with Gasteiger partial charge in [-0.3, -0.25) is 0 Å². The van der Waals surface area contributed by atoms with E-state index in [4.69, 9.17) is 4.74 Å². The van der Waals surface area contributed by atoms with Crippen molar-refractivity contribution in [1.82, 2.24) is 0 Å². The van der Waals surface area contributed by atoms with Gasteiger partial charge in [0.25, 0.3) is 0 Å². The van der Waals surface area contributed by atoms with Gasteiger partial charge in [-0.2, -0.15) is 0 Å². The van der Waals surface area contributed by atoms with Crippen LogP contribution in [-0.4, -0.2) is 30.6 Å². The van der Waals surface area contributed by atoms with Crippen molar-refractivity contribution in [2.24, 2.45) is 0 Å². The Morgan fingerprint density at radius 1 is 1.50 bits per heavy atom. The number of esters is 1. The molecule has 0 aromatic carbocycles. The van der Waals surface area contributed by atoms with Gasteiger partial charge in [-0.1, -0.05) is 13.5 Å². The Morgan fingerprint density at radius 2 is 2.14 bits per heavy atom. The molecule has 4 heteroatoms. The van der Waals surface area contributed by atoms with Gasteiger partial charge in [0.05, 0.1) is 6.61 Å². The summed E-state index contributed by atoms with van der Waals surface area (Å²) in [5, 5.41) is 9.20. The van der Waals surface area contributed by atoms with Crippen molar-refractivity contribution >= 4 is 5.97 Å². The summed E-state index contributed by atoms with van der Waals surface area (Å²) in [6.07, 6.45) is 0.122. The van der Waals surface area contributed by atoms with E-state index >= 15 is 0 Å². The smallest absolute Gasteiger partial charge is 0.335 e. The van der Waals surface area contributed by atoms with Crippen molar-refractivity contribution in [3.8, 4) is 0 Å². The summed E-state index contributed by atoms with van der Waals surface area (Å²) in [5.74, 6) is -0.576. The van der Waals surface area contributed by atoms with Gasteiger partial charge in [0, 0.05) is 18.6 Å². The van der Waals surface area contributed by atoms with Crippen LogP contribution in [0.25, 0.3) is 0 Å². The van der Waals surface area contributed by atoms with E-state index in [0.29, 0.717) is 19.6 Å². The molecule has 0 aliphatic heterocycles. The first kappa shape index (κ1) is 13.1. The van der Waals surface area contributed by atoms with Gasteiger partial charge in [0.1, 0.15) is 0 Å². The summed E-state index contributed by atoms with van der Waals surface area (Å²) in [6, 6.07) is 0.